The molecule has 1 aromatic carbocycles. The number of hydrogen-bond acceptors (Lipinski definition) is 4. The third kappa shape index (κ3) is 3.13. The summed E-state index contributed by atoms with van der Waals surface area (Å²) in [5, 5.41) is 13.9. The maximum Gasteiger partial charge on any atom is 0.334 e. The van der Waals surface area contributed by atoms with Gasteiger partial charge in [0.25, 0.3) is 5.91 Å². The maximum absolute atomic E-state index is 12.6. The number of carbonyl (C=O) groups excluding carboxylic acids is 1. The van der Waals surface area contributed by atoms with Crippen molar-refractivity contribution in [2.45, 2.75) is 13.0 Å². The molecule has 126 valence electrons. The summed E-state index contributed by atoms with van der Waals surface area (Å²) in [6.07, 6.45) is -1.01. The van der Waals surface area contributed by atoms with Crippen LogP contribution >= 0.6 is 11.6 Å². The minimum Gasteiger partial charge on any atom is -0.479 e. The zero-order valence-electron chi connectivity index (χ0n) is 13.0. The average molecular weight is 350 g/mol. The van der Waals surface area contributed by atoms with Crippen molar-refractivity contribution in [1.82, 2.24) is 14.7 Å². The van der Waals surface area contributed by atoms with Crippen LogP contribution in [-0.4, -0.2) is 57.5 Å². The van der Waals surface area contributed by atoms with Crippen LogP contribution in [0.1, 0.15) is 16.2 Å². The lowest BCUT2D eigenvalue weighted by Crippen LogP contribution is -2.48. The second-order valence-electron chi connectivity index (χ2n) is 5.48. The van der Waals surface area contributed by atoms with Gasteiger partial charge in [0, 0.05) is 12.2 Å². The number of benzene rings is 1. The highest BCUT2D eigenvalue weighted by Gasteiger charge is 2.30. The molecule has 0 aliphatic carbocycles. The van der Waals surface area contributed by atoms with Crippen LogP contribution in [0.4, 0.5) is 0 Å². The molecule has 1 N–H and O–H groups in total. The van der Waals surface area contributed by atoms with Crippen molar-refractivity contribution in [1.29, 1.82) is 0 Å². The first-order valence-corrected chi connectivity index (χ1v) is 7.80. The number of hydrogen-bond donors (Lipinski definition) is 1. The molecule has 1 aliphatic heterocycles. The van der Waals surface area contributed by atoms with Gasteiger partial charge in [-0.15, -0.1) is 0 Å². The lowest BCUT2D eigenvalue weighted by molar-refractivity contribution is -0.154. The van der Waals surface area contributed by atoms with Crippen LogP contribution in [0.2, 0.25) is 5.02 Å². The lowest BCUT2D eigenvalue weighted by atomic mass is 10.2. The van der Waals surface area contributed by atoms with E-state index in [1.54, 1.807) is 16.8 Å². The maximum atomic E-state index is 12.6. The number of carbonyl (C=O) groups is 2. The van der Waals surface area contributed by atoms with E-state index in [-0.39, 0.29) is 24.8 Å². The van der Waals surface area contributed by atoms with Gasteiger partial charge in [0.15, 0.2) is 11.8 Å². The number of aliphatic carboxylic acids is 1. The largest absolute Gasteiger partial charge is 0.479 e. The lowest BCUT2D eigenvalue weighted by Gasteiger charge is -2.30. The van der Waals surface area contributed by atoms with Gasteiger partial charge in [-0.05, 0) is 25.1 Å². The monoisotopic (exact) mass is 349 g/mol. The summed E-state index contributed by atoms with van der Waals surface area (Å²) in [6, 6.07) is 8.88. The Morgan fingerprint density at radius 1 is 1.38 bits per heavy atom. The van der Waals surface area contributed by atoms with Gasteiger partial charge in [0.2, 0.25) is 0 Å². The third-order valence-corrected chi connectivity index (χ3v) is 4.14. The van der Waals surface area contributed by atoms with Crippen molar-refractivity contribution in [3.05, 3.63) is 46.7 Å². The second-order valence-corrected chi connectivity index (χ2v) is 5.89. The van der Waals surface area contributed by atoms with Gasteiger partial charge in [0.1, 0.15) is 0 Å². The van der Waals surface area contributed by atoms with Crippen molar-refractivity contribution in [2.75, 3.05) is 19.7 Å². The summed E-state index contributed by atoms with van der Waals surface area (Å²) in [7, 11) is 0. The fraction of sp³-hybridized carbons (Fsp3) is 0.312. The van der Waals surface area contributed by atoms with Crippen molar-refractivity contribution in [3.63, 3.8) is 0 Å². The van der Waals surface area contributed by atoms with Gasteiger partial charge in [-0.2, -0.15) is 5.10 Å². The molecule has 1 fully saturated rings. The van der Waals surface area contributed by atoms with Crippen LogP contribution in [-0.2, 0) is 9.53 Å². The number of aromatic nitrogens is 2. The second kappa shape index (κ2) is 6.62. The van der Waals surface area contributed by atoms with Crippen molar-refractivity contribution in [3.8, 4) is 5.69 Å². The van der Waals surface area contributed by atoms with E-state index in [2.05, 4.69) is 5.10 Å². The first-order valence-electron chi connectivity index (χ1n) is 7.42. The molecule has 1 atom stereocenters. The highest BCUT2D eigenvalue weighted by Crippen LogP contribution is 2.22. The van der Waals surface area contributed by atoms with Gasteiger partial charge < -0.3 is 14.7 Å². The molecule has 0 radical (unpaired) electrons. The third-order valence-electron chi connectivity index (χ3n) is 3.82. The predicted molar refractivity (Wildman–Crippen MR) is 86.6 cm³/mol. The molecule has 0 spiro atoms. The van der Waals surface area contributed by atoms with Crippen molar-refractivity contribution >= 4 is 23.5 Å². The number of rotatable bonds is 3. The van der Waals surface area contributed by atoms with Crippen LogP contribution < -0.4 is 0 Å². The van der Waals surface area contributed by atoms with Crippen LogP contribution in [0.5, 0.6) is 0 Å². The van der Waals surface area contributed by atoms with Crippen LogP contribution in [0.25, 0.3) is 5.69 Å². The average Bonchev–Trinajstić information content (AvgIpc) is 2.96. The fourth-order valence-corrected chi connectivity index (χ4v) is 2.81. The van der Waals surface area contributed by atoms with Crippen molar-refractivity contribution < 1.29 is 19.4 Å². The van der Waals surface area contributed by atoms with Crippen molar-refractivity contribution in [2.24, 2.45) is 0 Å². The molecule has 24 heavy (non-hydrogen) atoms. The normalized spacial score (nSPS) is 17.8. The zero-order chi connectivity index (χ0) is 17.3. The highest BCUT2D eigenvalue weighted by atomic mass is 35.5. The number of halogens is 1. The number of carboxylic acid groups (broad SMARTS) is 1. The molecule has 1 unspecified atom stereocenters. The molecular weight excluding hydrogens is 334 g/mol. The summed E-state index contributed by atoms with van der Waals surface area (Å²) in [5.74, 6) is -1.40. The number of morpholine rings is 1. The van der Waals surface area contributed by atoms with E-state index < -0.39 is 12.1 Å². The van der Waals surface area contributed by atoms with E-state index in [9.17, 15) is 9.59 Å². The Labute approximate surface area is 143 Å². The van der Waals surface area contributed by atoms with Gasteiger partial charge in [-0.25, -0.2) is 9.48 Å². The summed E-state index contributed by atoms with van der Waals surface area (Å²) >= 11 is 6.18. The molecule has 0 saturated carbocycles. The molecule has 8 heteroatoms. The standard InChI is InChI=1S/C16H16ClN3O4/c1-10-8-12(18-20(10)13-5-3-2-4-11(13)17)15(21)19-6-7-24-14(9-19)16(22)23/h2-5,8,14H,6-7,9H2,1H3,(H,22,23). The number of ether oxygens (including phenoxy) is 1. The van der Waals surface area contributed by atoms with Gasteiger partial charge in [0.05, 0.1) is 23.9 Å². The molecule has 3 rings (SSSR count). The number of para-hydroxylation sites is 1. The predicted octanol–water partition coefficient (Wildman–Crippen LogP) is 1.76. The number of carboxylic acids is 1. The Balaban J connectivity index is 1.86. The number of aryl methyl sites for hydroxylation is 1. The summed E-state index contributed by atoms with van der Waals surface area (Å²) in [5.41, 5.74) is 1.69. The van der Waals surface area contributed by atoms with Crippen LogP contribution in [0.3, 0.4) is 0 Å². The minimum absolute atomic E-state index is 0.00612. The number of nitrogens with zero attached hydrogens (tertiary/aromatic N) is 3. The summed E-state index contributed by atoms with van der Waals surface area (Å²) in [4.78, 5) is 25.1. The Bertz CT molecular complexity index is 789. The molecule has 2 aromatic rings. The molecule has 1 saturated heterocycles. The molecule has 1 aliphatic rings. The van der Waals surface area contributed by atoms with Crippen LogP contribution in [0, 0.1) is 6.92 Å². The first-order chi connectivity index (χ1) is 11.5. The zero-order valence-corrected chi connectivity index (χ0v) is 13.7. The smallest absolute Gasteiger partial charge is 0.334 e. The Morgan fingerprint density at radius 3 is 2.83 bits per heavy atom. The van der Waals surface area contributed by atoms with E-state index in [0.29, 0.717) is 17.3 Å². The Morgan fingerprint density at radius 2 is 2.12 bits per heavy atom. The molecule has 7 nitrogen and oxygen atoms in total. The van der Waals surface area contributed by atoms with E-state index in [1.807, 2.05) is 25.1 Å². The van der Waals surface area contributed by atoms with Gasteiger partial charge in [-0.3, -0.25) is 4.79 Å². The SMILES string of the molecule is Cc1cc(C(=O)N2CCOC(C(=O)O)C2)nn1-c1ccccc1Cl. The topological polar surface area (TPSA) is 84.7 Å². The van der Waals surface area contributed by atoms with E-state index in [4.69, 9.17) is 21.4 Å². The highest BCUT2D eigenvalue weighted by molar-refractivity contribution is 6.32. The minimum atomic E-state index is -1.08. The summed E-state index contributed by atoms with van der Waals surface area (Å²) < 4.78 is 6.74. The first kappa shape index (κ1) is 16.5. The van der Waals surface area contributed by atoms with Crippen LogP contribution in [0.15, 0.2) is 30.3 Å². The molecule has 2 heterocycles. The molecule has 0 bridgehead atoms. The van der Waals surface area contributed by atoms with Gasteiger partial charge in [-0.1, -0.05) is 23.7 Å². The Hall–Kier alpha value is -2.38. The molecular formula is C16H16ClN3O4. The van der Waals surface area contributed by atoms with E-state index in [1.165, 1.54) is 4.90 Å². The fourth-order valence-electron chi connectivity index (χ4n) is 2.59. The summed E-state index contributed by atoms with van der Waals surface area (Å²) in [6.45, 7) is 2.35. The molecule has 1 aromatic heterocycles. The van der Waals surface area contributed by atoms with E-state index in [0.717, 1.165) is 5.69 Å². The Kier molecular flexibility index (Phi) is 4.55. The number of amides is 1. The quantitative estimate of drug-likeness (QED) is 0.912. The molecule has 1 amide bonds. The van der Waals surface area contributed by atoms with Gasteiger partial charge >= 0.3 is 5.97 Å². The van der Waals surface area contributed by atoms with E-state index >= 15 is 0 Å².